The van der Waals surface area contributed by atoms with Gasteiger partial charge in [-0.2, -0.15) is 0 Å². The summed E-state index contributed by atoms with van der Waals surface area (Å²) in [6.07, 6.45) is 1.29. The topological polar surface area (TPSA) is 87.7 Å². The van der Waals surface area contributed by atoms with Crippen LogP contribution in [0.15, 0.2) is 24.3 Å². The normalized spacial score (nSPS) is 11.5. The van der Waals surface area contributed by atoms with Gasteiger partial charge in [-0.25, -0.2) is 4.79 Å². The van der Waals surface area contributed by atoms with Crippen LogP contribution in [0.2, 0.25) is 0 Å². The molecule has 0 fully saturated rings. The van der Waals surface area contributed by atoms with Gasteiger partial charge in [0.1, 0.15) is 5.75 Å². The predicted octanol–water partition coefficient (Wildman–Crippen LogP) is 2.32. The molecule has 1 aromatic rings. The number of para-hydroxylation sites is 2. The average molecular weight is 280 g/mol. The van der Waals surface area contributed by atoms with Gasteiger partial charge in [-0.3, -0.25) is 4.79 Å². The van der Waals surface area contributed by atoms with Crippen LogP contribution in [0.3, 0.4) is 0 Å². The molecule has 0 saturated carbocycles. The summed E-state index contributed by atoms with van der Waals surface area (Å²) in [7, 11) is 1.51. The number of carbonyl (C=O) groups excluding carboxylic acids is 1. The number of carbonyl (C=O) groups is 2. The van der Waals surface area contributed by atoms with E-state index in [0.29, 0.717) is 17.9 Å². The van der Waals surface area contributed by atoms with E-state index in [1.807, 2.05) is 6.92 Å². The van der Waals surface area contributed by atoms with Gasteiger partial charge in [-0.1, -0.05) is 25.5 Å². The largest absolute Gasteiger partial charge is 0.495 e. The number of nitrogens with one attached hydrogen (secondary N) is 2. The number of carboxylic acids is 1. The molecular formula is C14H20N2O4. The van der Waals surface area contributed by atoms with Crippen molar-refractivity contribution in [1.29, 1.82) is 0 Å². The summed E-state index contributed by atoms with van der Waals surface area (Å²) >= 11 is 0. The molecule has 6 nitrogen and oxygen atoms in total. The van der Waals surface area contributed by atoms with E-state index in [-0.39, 0.29) is 6.54 Å². The highest BCUT2D eigenvalue weighted by Gasteiger charge is 2.17. The molecule has 110 valence electrons. The first kappa shape index (κ1) is 15.8. The van der Waals surface area contributed by atoms with E-state index in [9.17, 15) is 9.59 Å². The Morgan fingerprint density at radius 2 is 2.05 bits per heavy atom. The lowest BCUT2D eigenvalue weighted by Gasteiger charge is -2.14. The summed E-state index contributed by atoms with van der Waals surface area (Å²) in [5.74, 6) is -0.918. The third-order valence-electron chi connectivity index (χ3n) is 2.85. The number of hydrogen-bond donors (Lipinski definition) is 3. The third kappa shape index (κ3) is 4.79. The number of anilines is 1. The molecule has 0 aromatic heterocycles. The Hall–Kier alpha value is -2.24. The van der Waals surface area contributed by atoms with Crippen molar-refractivity contribution >= 4 is 17.7 Å². The van der Waals surface area contributed by atoms with Crippen molar-refractivity contribution in [2.75, 3.05) is 19.0 Å². The van der Waals surface area contributed by atoms with E-state index in [4.69, 9.17) is 9.84 Å². The van der Waals surface area contributed by atoms with Gasteiger partial charge in [0.25, 0.3) is 0 Å². The molecule has 0 saturated heterocycles. The minimum Gasteiger partial charge on any atom is -0.495 e. The van der Waals surface area contributed by atoms with E-state index in [0.717, 1.165) is 6.42 Å². The Bertz CT molecular complexity index is 462. The molecule has 0 aliphatic heterocycles. The third-order valence-corrected chi connectivity index (χ3v) is 2.85. The second-order valence-electron chi connectivity index (χ2n) is 4.36. The average Bonchev–Trinajstić information content (AvgIpc) is 2.43. The van der Waals surface area contributed by atoms with Crippen LogP contribution in [-0.2, 0) is 4.79 Å². The summed E-state index contributed by atoms with van der Waals surface area (Å²) in [5.41, 5.74) is 0.537. The number of methoxy groups -OCH3 is 1. The van der Waals surface area contributed by atoms with Crippen molar-refractivity contribution in [3.8, 4) is 5.75 Å². The molecule has 1 rings (SSSR count). The molecule has 20 heavy (non-hydrogen) atoms. The Balaban J connectivity index is 2.53. The Morgan fingerprint density at radius 3 is 2.65 bits per heavy atom. The standard InChI is InChI=1S/C14H20N2O4/c1-3-6-10(13(17)18)9-15-14(19)16-11-7-4-5-8-12(11)20-2/h4-5,7-8,10H,3,6,9H2,1-2H3,(H,17,18)(H2,15,16,19). The highest BCUT2D eigenvalue weighted by molar-refractivity contribution is 5.91. The first-order valence-corrected chi connectivity index (χ1v) is 6.49. The molecule has 6 heteroatoms. The van der Waals surface area contributed by atoms with Crippen LogP contribution >= 0.6 is 0 Å². The van der Waals surface area contributed by atoms with Crippen molar-refractivity contribution in [2.24, 2.45) is 5.92 Å². The molecule has 1 atom stereocenters. The number of ether oxygens (including phenoxy) is 1. The van der Waals surface area contributed by atoms with Crippen LogP contribution in [-0.4, -0.2) is 30.8 Å². The molecule has 0 radical (unpaired) electrons. The summed E-state index contributed by atoms with van der Waals surface area (Å²) in [6, 6.07) is 6.56. The molecule has 3 N–H and O–H groups in total. The van der Waals surface area contributed by atoms with E-state index in [2.05, 4.69) is 10.6 Å². The van der Waals surface area contributed by atoms with Crippen molar-refractivity contribution in [3.05, 3.63) is 24.3 Å². The van der Waals surface area contributed by atoms with Gasteiger partial charge in [0, 0.05) is 6.54 Å². The maximum atomic E-state index is 11.7. The van der Waals surface area contributed by atoms with Gasteiger partial charge in [0.2, 0.25) is 0 Å². The number of carboxylic acid groups (broad SMARTS) is 1. The van der Waals surface area contributed by atoms with Crippen molar-refractivity contribution in [3.63, 3.8) is 0 Å². The van der Waals surface area contributed by atoms with Gasteiger partial charge >= 0.3 is 12.0 Å². The number of aliphatic carboxylic acids is 1. The monoisotopic (exact) mass is 280 g/mol. The van der Waals surface area contributed by atoms with Crippen LogP contribution in [0.5, 0.6) is 5.75 Å². The minimum absolute atomic E-state index is 0.101. The van der Waals surface area contributed by atoms with Gasteiger partial charge in [-0.15, -0.1) is 0 Å². The zero-order valence-electron chi connectivity index (χ0n) is 11.7. The second-order valence-corrected chi connectivity index (χ2v) is 4.36. The molecule has 0 aliphatic carbocycles. The SMILES string of the molecule is CCCC(CNC(=O)Nc1ccccc1OC)C(=O)O. The van der Waals surface area contributed by atoms with Crippen LogP contribution in [0.1, 0.15) is 19.8 Å². The number of benzene rings is 1. The van der Waals surface area contributed by atoms with Crippen LogP contribution in [0.25, 0.3) is 0 Å². The fourth-order valence-electron chi connectivity index (χ4n) is 1.79. The number of amides is 2. The van der Waals surface area contributed by atoms with Crippen LogP contribution in [0, 0.1) is 5.92 Å². The summed E-state index contributed by atoms with van der Waals surface area (Å²) in [6.45, 7) is 2.01. The zero-order chi connectivity index (χ0) is 15.0. The lowest BCUT2D eigenvalue weighted by Crippen LogP contribution is -2.35. The summed E-state index contributed by atoms with van der Waals surface area (Å²) < 4.78 is 5.11. The lowest BCUT2D eigenvalue weighted by molar-refractivity contribution is -0.141. The molecule has 0 spiro atoms. The fraction of sp³-hybridized carbons (Fsp3) is 0.429. The maximum absolute atomic E-state index is 11.7. The van der Waals surface area contributed by atoms with E-state index in [1.165, 1.54) is 7.11 Å². The molecule has 2 amide bonds. The Kier molecular flexibility index (Phi) is 6.36. The maximum Gasteiger partial charge on any atom is 0.319 e. The Labute approximate surface area is 118 Å². The lowest BCUT2D eigenvalue weighted by atomic mass is 10.0. The van der Waals surface area contributed by atoms with Crippen LogP contribution < -0.4 is 15.4 Å². The van der Waals surface area contributed by atoms with Crippen LogP contribution in [0.4, 0.5) is 10.5 Å². The van der Waals surface area contributed by atoms with E-state index >= 15 is 0 Å². The summed E-state index contributed by atoms with van der Waals surface area (Å²) in [4.78, 5) is 22.7. The van der Waals surface area contributed by atoms with Crippen molar-refractivity contribution < 1.29 is 19.4 Å². The molecule has 1 unspecified atom stereocenters. The molecule has 1 aromatic carbocycles. The van der Waals surface area contributed by atoms with Gasteiger partial charge in [0.05, 0.1) is 18.7 Å². The molecule has 0 heterocycles. The highest BCUT2D eigenvalue weighted by atomic mass is 16.5. The van der Waals surface area contributed by atoms with Crippen molar-refractivity contribution in [2.45, 2.75) is 19.8 Å². The van der Waals surface area contributed by atoms with E-state index < -0.39 is 17.9 Å². The van der Waals surface area contributed by atoms with E-state index in [1.54, 1.807) is 24.3 Å². The number of hydrogen-bond acceptors (Lipinski definition) is 3. The minimum atomic E-state index is -0.899. The second kappa shape index (κ2) is 8.04. The molecular weight excluding hydrogens is 260 g/mol. The van der Waals surface area contributed by atoms with Gasteiger partial charge < -0.3 is 20.5 Å². The zero-order valence-corrected chi connectivity index (χ0v) is 11.7. The summed E-state index contributed by atoms with van der Waals surface area (Å²) in [5, 5.41) is 14.2. The number of rotatable bonds is 7. The Morgan fingerprint density at radius 1 is 1.35 bits per heavy atom. The molecule has 0 bridgehead atoms. The predicted molar refractivity (Wildman–Crippen MR) is 76.0 cm³/mol. The molecule has 0 aliphatic rings. The first-order valence-electron chi connectivity index (χ1n) is 6.49. The quantitative estimate of drug-likeness (QED) is 0.715. The number of urea groups is 1. The van der Waals surface area contributed by atoms with Gasteiger partial charge in [-0.05, 0) is 18.6 Å². The first-order chi connectivity index (χ1) is 9.58. The highest BCUT2D eigenvalue weighted by Crippen LogP contribution is 2.22. The smallest absolute Gasteiger partial charge is 0.319 e. The van der Waals surface area contributed by atoms with Crippen molar-refractivity contribution in [1.82, 2.24) is 5.32 Å². The fourth-order valence-corrected chi connectivity index (χ4v) is 1.79. The van der Waals surface area contributed by atoms with Gasteiger partial charge in [0.15, 0.2) is 0 Å².